The van der Waals surface area contributed by atoms with E-state index in [2.05, 4.69) is 25.2 Å². The Hall–Kier alpha value is -1.71. The van der Waals surface area contributed by atoms with Crippen molar-refractivity contribution in [2.45, 2.75) is 11.4 Å². The molecule has 0 aliphatic rings. The van der Waals surface area contributed by atoms with Crippen molar-refractivity contribution in [3.63, 3.8) is 0 Å². The van der Waals surface area contributed by atoms with Crippen LogP contribution in [-0.2, 0) is 23.6 Å². The molecule has 2 aromatic heterocycles. The first-order chi connectivity index (χ1) is 9.44. The second kappa shape index (κ2) is 5.73. The van der Waals surface area contributed by atoms with Gasteiger partial charge in [0.1, 0.15) is 22.9 Å². The van der Waals surface area contributed by atoms with Crippen molar-refractivity contribution in [2.75, 3.05) is 12.4 Å². The minimum atomic E-state index is -3.71. The molecule has 0 saturated carbocycles. The number of nitrogens with zero attached hydrogens (tertiary/aromatic N) is 4. The number of sulfonamides is 1. The normalized spacial score (nSPS) is 11.6. The van der Waals surface area contributed by atoms with E-state index < -0.39 is 10.0 Å². The van der Waals surface area contributed by atoms with Crippen molar-refractivity contribution in [1.29, 1.82) is 0 Å². The Kier molecular flexibility index (Phi) is 4.21. The standard InChI is InChI=1S/C10H13ClN6O2S/c1-12-10-8(11)3-7(4-13-10)20(18,19)15-5-9-16-14-6-17(9)2/h3-4,6,15H,5H2,1-2H3,(H,12,13). The van der Waals surface area contributed by atoms with Gasteiger partial charge in [-0.05, 0) is 6.07 Å². The summed E-state index contributed by atoms with van der Waals surface area (Å²) in [5.41, 5.74) is 0. The van der Waals surface area contributed by atoms with Crippen LogP contribution in [0.2, 0.25) is 5.02 Å². The zero-order chi connectivity index (χ0) is 14.8. The molecular weight excluding hydrogens is 304 g/mol. The maximum atomic E-state index is 12.1. The molecule has 0 aliphatic carbocycles. The number of aryl methyl sites for hydroxylation is 1. The molecule has 2 rings (SSSR count). The Morgan fingerprint density at radius 3 is 2.75 bits per heavy atom. The fraction of sp³-hybridized carbons (Fsp3) is 0.300. The number of halogens is 1. The van der Waals surface area contributed by atoms with Crippen LogP contribution < -0.4 is 10.0 Å². The molecular formula is C10H13ClN6O2S. The number of hydrogen-bond acceptors (Lipinski definition) is 6. The van der Waals surface area contributed by atoms with E-state index in [0.717, 1.165) is 0 Å². The number of pyridine rings is 1. The summed E-state index contributed by atoms with van der Waals surface area (Å²) < 4.78 is 28.2. The van der Waals surface area contributed by atoms with Gasteiger partial charge in [-0.1, -0.05) is 11.6 Å². The lowest BCUT2D eigenvalue weighted by molar-refractivity contribution is 0.577. The second-order valence-corrected chi connectivity index (χ2v) is 6.11. The molecule has 20 heavy (non-hydrogen) atoms. The van der Waals surface area contributed by atoms with Gasteiger partial charge < -0.3 is 9.88 Å². The first-order valence-corrected chi connectivity index (χ1v) is 7.46. The van der Waals surface area contributed by atoms with Gasteiger partial charge in [-0.2, -0.15) is 0 Å². The van der Waals surface area contributed by atoms with Gasteiger partial charge in [-0.25, -0.2) is 18.1 Å². The zero-order valence-electron chi connectivity index (χ0n) is 10.8. The fourth-order valence-electron chi connectivity index (χ4n) is 1.46. The molecule has 0 aromatic carbocycles. The van der Waals surface area contributed by atoms with Gasteiger partial charge in [0.05, 0.1) is 11.6 Å². The SMILES string of the molecule is CNc1ncc(S(=O)(=O)NCc2nncn2C)cc1Cl. The summed E-state index contributed by atoms with van der Waals surface area (Å²) in [5, 5.41) is 10.4. The van der Waals surface area contributed by atoms with Gasteiger partial charge in [0, 0.05) is 20.3 Å². The zero-order valence-corrected chi connectivity index (χ0v) is 12.4. The smallest absolute Gasteiger partial charge is 0.242 e. The summed E-state index contributed by atoms with van der Waals surface area (Å²) >= 11 is 5.92. The van der Waals surface area contributed by atoms with Gasteiger partial charge in [-0.15, -0.1) is 10.2 Å². The van der Waals surface area contributed by atoms with Crippen LogP contribution in [0.1, 0.15) is 5.82 Å². The number of aromatic nitrogens is 4. The van der Waals surface area contributed by atoms with Crippen LogP contribution in [0.5, 0.6) is 0 Å². The average Bonchev–Trinajstić information content (AvgIpc) is 2.82. The van der Waals surface area contributed by atoms with Crippen molar-refractivity contribution >= 4 is 27.4 Å². The molecule has 8 nitrogen and oxygen atoms in total. The molecule has 0 fully saturated rings. The third kappa shape index (κ3) is 3.06. The lowest BCUT2D eigenvalue weighted by Gasteiger charge is -2.08. The fourth-order valence-corrected chi connectivity index (χ4v) is 2.74. The Balaban J connectivity index is 2.18. The number of rotatable bonds is 5. The van der Waals surface area contributed by atoms with Crippen LogP contribution in [0.4, 0.5) is 5.82 Å². The lowest BCUT2D eigenvalue weighted by Crippen LogP contribution is -2.25. The Morgan fingerprint density at radius 1 is 1.45 bits per heavy atom. The van der Waals surface area contributed by atoms with E-state index in [4.69, 9.17) is 11.6 Å². The van der Waals surface area contributed by atoms with E-state index in [9.17, 15) is 8.42 Å². The number of hydrogen-bond donors (Lipinski definition) is 2. The molecule has 2 heterocycles. The quantitative estimate of drug-likeness (QED) is 0.827. The highest BCUT2D eigenvalue weighted by atomic mass is 35.5. The first kappa shape index (κ1) is 14.7. The molecule has 0 unspecified atom stereocenters. The van der Waals surface area contributed by atoms with Gasteiger partial charge in [0.2, 0.25) is 10.0 Å². The van der Waals surface area contributed by atoms with E-state index in [0.29, 0.717) is 11.6 Å². The molecule has 10 heteroatoms. The average molecular weight is 317 g/mol. The number of anilines is 1. The third-order valence-corrected chi connectivity index (χ3v) is 4.25. The van der Waals surface area contributed by atoms with Crippen LogP contribution in [0.3, 0.4) is 0 Å². The highest BCUT2D eigenvalue weighted by Gasteiger charge is 2.17. The Labute approximate surface area is 121 Å². The van der Waals surface area contributed by atoms with E-state index in [1.807, 2.05) is 0 Å². The molecule has 0 atom stereocenters. The first-order valence-electron chi connectivity index (χ1n) is 5.60. The van der Waals surface area contributed by atoms with Crippen LogP contribution >= 0.6 is 11.6 Å². The van der Waals surface area contributed by atoms with Crippen LogP contribution in [-0.4, -0.2) is 35.2 Å². The molecule has 0 aliphatic heterocycles. The predicted molar refractivity (Wildman–Crippen MR) is 73.8 cm³/mol. The molecule has 0 bridgehead atoms. The summed E-state index contributed by atoms with van der Waals surface area (Å²) in [5.74, 6) is 0.915. The van der Waals surface area contributed by atoms with Gasteiger partial charge in [0.25, 0.3) is 0 Å². The maximum absolute atomic E-state index is 12.1. The van der Waals surface area contributed by atoms with Crippen LogP contribution in [0, 0.1) is 0 Å². The topological polar surface area (TPSA) is 102 Å². The molecule has 0 spiro atoms. The minimum Gasteiger partial charge on any atom is -0.372 e. The van der Waals surface area contributed by atoms with Crippen LogP contribution in [0.25, 0.3) is 0 Å². The summed E-state index contributed by atoms with van der Waals surface area (Å²) in [4.78, 5) is 3.92. The van der Waals surface area contributed by atoms with E-state index in [1.54, 1.807) is 18.7 Å². The molecule has 0 saturated heterocycles. The van der Waals surface area contributed by atoms with E-state index in [1.165, 1.54) is 18.6 Å². The lowest BCUT2D eigenvalue weighted by atomic mass is 10.4. The van der Waals surface area contributed by atoms with Crippen molar-refractivity contribution in [2.24, 2.45) is 7.05 Å². The predicted octanol–water partition coefficient (Wildman–Crippen LogP) is 0.384. The number of nitrogens with one attached hydrogen (secondary N) is 2. The van der Waals surface area contributed by atoms with E-state index in [-0.39, 0.29) is 16.5 Å². The highest BCUT2D eigenvalue weighted by molar-refractivity contribution is 7.89. The minimum absolute atomic E-state index is 0.0105. The summed E-state index contributed by atoms with van der Waals surface area (Å²) in [7, 11) is -0.333. The molecule has 0 radical (unpaired) electrons. The van der Waals surface area contributed by atoms with E-state index >= 15 is 0 Å². The molecule has 2 N–H and O–H groups in total. The van der Waals surface area contributed by atoms with Gasteiger partial charge >= 0.3 is 0 Å². The summed E-state index contributed by atoms with van der Waals surface area (Å²) in [6.07, 6.45) is 2.72. The van der Waals surface area contributed by atoms with Gasteiger partial charge in [-0.3, -0.25) is 0 Å². The summed E-state index contributed by atoms with van der Waals surface area (Å²) in [6.45, 7) is 0.0320. The maximum Gasteiger partial charge on any atom is 0.242 e. The van der Waals surface area contributed by atoms with Crippen molar-refractivity contribution in [3.8, 4) is 0 Å². The molecule has 0 amide bonds. The Bertz CT molecular complexity index is 714. The highest BCUT2D eigenvalue weighted by Crippen LogP contribution is 2.21. The monoisotopic (exact) mass is 316 g/mol. The molecule has 2 aromatic rings. The van der Waals surface area contributed by atoms with Crippen molar-refractivity contribution in [3.05, 3.63) is 29.4 Å². The van der Waals surface area contributed by atoms with Crippen molar-refractivity contribution in [1.82, 2.24) is 24.5 Å². The third-order valence-electron chi connectivity index (χ3n) is 2.59. The summed E-state index contributed by atoms with van der Waals surface area (Å²) in [6, 6.07) is 1.33. The Morgan fingerprint density at radius 2 is 2.20 bits per heavy atom. The molecule has 108 valence electrons. The second-order valence-electron chi connectivity index (χ2n) is 3.93. The largest absolute Gasteiger partial charge is 0.372 e. The van der Waals surface area contributed by atoms with Gasteiger partial charge in [0.15, 0.2) is 0 Å². The van der Waals surface area contributed by atoms with Crippen molar-refractivity contribution < 1.29 is 8.42 Å². The van der Waals surface area contributed by atoms with Crippen LogP contribution in [0.15, 0.2) is 23.5 Å².